The summed E-state index contributed by atoms with van der Waals surface area (Å²) in [5, 5.41) is 3.11. The van der Waals surface area contributed by atoms with Crippen molar-refractivity contribution in [2.24, 2.45) is 0 Å². The maximum absolute atomic E-state index is 14.0. The molecule has 20 rings (SSSR count). The van der Waals surface area contributed by atoms with E-state index in [4.69, 9.17) is 11.6 Å². The van der Waals surface area contributed by atoms with Crippen molar-refractivity contribution < 1.29 is 61.5 Å². The van der Waals surface area contributed by atoms with Gasteiger partial charge in [0, 0.05) is 76.2 Å². The molecule has 0 amide bonds. The number of hydrogen-bond acceptors (Lipinski definition) is 12. The Morgan fingerprint density at radius 1 is 0.306 bits per heavy atom. The minimum atomic E-state index is -1.51. The zero-order chi connectivity index (χ0) is 86.8. The molecule has 4 saturated heterocycles. The number of aromatic nitrogens is 12. The summed E-state index contributed by atoms with van der Waals surface area (Å²) in [6.07, 6.45) is 14.2. The second kappa shape index (κ2) is 35.2. The Balaban J connectivity index is 0.000000117. The molecule has 12 heterocycles. The lowest BCUT2D eigenvalue weighted by atomic mass is 9.87. The predicted octanol–water partition coefficient (Wildman–Crippen LogP) is 23.1. The number of likely N-dealkylation sites (tertiary alicyclic amines) is 4. The quantitative estimate of drug-likeness (QED) is 0.0517. The number of piperidine rings is 4. The van der Waals surface area contributed by atoms with Gasteiger partial charge in [0.15, 0.2) is 58.2 Å². The Kier molecular flexibility index (Phi) is 24.0. The monoisotopic (exact) mass is 1720 g/mol. The van der Waals surface area contributed by atoms with E-state index in [2.05, 4.69) is 86.3 Å². The minimum absolute atomic E-state index is 0.00880. The van der Waals surface area contributed by atoms with Gasteiger partial charge in [0.25, 0.3) is 0 Å². The highest BCUT2D eigenvalue weighted by molar-refractivity contribution is 6.35. The molecule has 0 unspecified atom stereocenters. The van der Waals surface area contributed by atoms with Crippen LogP contribution in [0.25, 0.3) is 87.7 Å². The highest BCUT2D eigenvalue weighted by atomic mass is 35.5. The van der Waals surface area contributed by atoms with Gasteiger partial charge in [0.1, 0.15) is 73.7 Å². The van der Waals surface area contributed by atoms with Crippen molar-refractivity contribution in [3.05, 3.63) is 284 Å². The number of H-pyrrole nitrogens is 4. The molecule has 4 aliphatic heterocycles. The van der Waals surface area contributed by atoms with Crippen molar-refractivity contribution in [1.29, 1.82) is 0 Å². The molecular weight excluding hydrogens is 1640 g/mol. The van der Waals surface area contributed by atoms with Crippen molar-refractivity contribution in [2.45, 2.75) is 134 Å². The number of aryl methyl sites for hydroxylation is 1. The maximum Gasteiger partial charge on any atom is 0.196 e. The van der Waals surface area contributed by atoms with Crippen LogP contribution >= 0.6 is 11.6 Å². The molecule has 0 saturated carbocycles. The lowest BCUT2D eigenvalue weighted by Crippen LogP contribution is -2.35. The van der Waals surface area contributed by atoms with E-state index in [0.717, 1.165) is 182 Å². The van der Waals surface area contributed by atoms with Crippen LogP contribution in [0.1, 0.15) is 178 Å². The molecule has 4 fully saturated rings. The van der Waals surface area contributed by atoms with E-state index in [1.165, 1.54) is 42.5 Å². The van der Waals surface area contributed by atoms with E-state index in [1.54, 1.807) is 68.1 Å². The number of pyridine rings is 4. The summed E-state index contributed by atoms with van der Waals surface area (Å²) in [4.78, 5) is 55.6. The van der Waals surface area contributed by atoms with Gasteiger partial charge in [0.05, 0.1) is 68.3 Å². The zero-order valence-corrected chi connectivity index (χ0v) is 68.6. The van der Waals surface area contributed by atoms with Crippen molar-refractivity contribution in [1.82, 2.24) is 79.4 Å². The number of hydrogen-bond donors (Lipinski definition) is 4. The Morgan fingerprint density at radius 2 is 0.597 bits per heavy atom. The van der Waals surface area contributed by atoms with Crippen LogP contribution < -0.4 is 0 Å². The fourth-order valence-electron chi connectivity index (χ4n) is 18.4. The summed E-state index contributed by atoms with van der Waals surface area (Å²) in [5.41, 5.74) is 8.92. The van der Waals surface area contributed by atoms with Gasteiger partial charge >= 0.3 is 0 Å². The van der Waals surface area contributed by atoms with Crippen LogP contribution in [0, 0.1) is 88.4 Å². The largest absolute Gasteiger partial charge is 0.341 e. The number of rotatable bonds is 12. The summed E-state index contributed by atoms with van der Waals surface area (Å²) >= 11 is 5.94. The van der Waals surface area contributed by atoms with Crippen LogP contribution in [0.15, 0.2) is 146 Å². The Hall–Kier alpha value is -11.6. The van der Waals surface area contributed by atoms with E-state index in [1.807, 2.05) is 45.0 Å². The summed E-state index contributed by atoms with van der Waals surface area (Å²) in [5.74, 6) is -8.79. The number of nitrogens with one attached hydrogen (secondary N) is 4. The van der Waals surface area contributed by atoms with Crippen LogP contribution in [0.2, 0.25) is 5.02 Å². The summed E-state index contributed by atoms with van der Waals surface area (Å²) in [7, 11) is 0. The zero-order valence-electron chi connectivity index (χ0n) is 67.8. The third-order valence-electron chi connectivity index (χ3n) is 25.4. The van der Waals surface area contributed by atoms with E-state index in [9.17, 15) is 61.5 Å². The molecule has 0 radical (unpaired) electrons. The Morgan fingerprint density at radius 3 is 0.960 bits per heavy atom. The molecule has 0 aliphatic carbocycles. The Labute approximate surface area is 706 Å². The topological polar surface area (TPSA) is 179 Å². The van der Waals surface area contributed by atoms with Gasteiger partial charge in [-0.25, -0.2) is 81.4 Å². The number of fused-ring (bicyclic) bond motifs is 8. The minimum Gasteiger partial charge on any atom is -0.341 e. The lowest BCUT2D eigenvalue weighted by molar-refractivity contribution is 0.158. The molecule has 8 aromatic heterocycles. The van der Waals surface area contributed by atoms with Crippen LogP contribution in [-0.2, 0) is 0 Å². The molecule has 4 aliphatic rings. The van der Waals surface area contributed by atoms with Gasteiger partial charge in [-0.2, -0.15) is 0 Å². The highest BCUT2D eigenvalue weighted by Crippen LogP contribution is 2.43. The first kappa shape index (κ1) is 84.6. The number of nitrogens with zero attached hydrogens (tertiary/aromatic N) is 12. The molecule has 31 heteroatoms. The molecule has 124 heavy (non-hydrogen) atoms. The third-order valence-corrected chi connectivity index (χ3v) is 25.8. The molecule has 4 N–H and O–H groups in total. The van der Waals surface area contributed by atoms with Crippen LogP contribution in [0.4, 0.5) is 61.5 Å². The van der Waals surface area contributed by atoms with Gasteiger partial charge in [-0.05, 0) is 281 Å². The number of aromatic amines is 4. The van der Waals surface area contributed by atoms with E-state index >= 15 is 0 Å². The molecule has 0 spiro atoms. The summed E-state index contributed by atoms with van der Waals surface area (Å²) in [6, 6.07) is 29.8. The molecule has 4 atom stereocenters. The highest BCUT2D eigenvalue weighted by Gasteiger charge is 2.34. The standard InChI is InChI=1S/C24H23F3N4.C23H20ClF3N4.2C23H20F4N4/c1-13-22(27)19(26)12-21-23(13)30-24(29-21)14(2)31-9-6-15(7-10-31)17-5-8-28-20-4-3-16(25)11-18(17)20;1-12(23-29-19-11-17(26)21(27)20(24)22(19)30-23)31-8-5-13(6-9-31)15-4-7-28-18-3-2-14(25)10-16(15)18;1-12(23-29-21-18(26)11-17(25)20(27)22(21)30-23)31-8-5-13(6-9-31)15-4-7-28-19-3-2-14(24)10-16(15)19;1-12(23-29-19-11-17(25)20(26)21(27)22(19)30-23)31-8-5-13(6-9-31)15-4-7-28-18-3-2-14(24)10-16(15)18/h3-5,8,11-12,14-15H,6-7,9-10H2,1-2H3,(H,29,30);3*2-4,7,10-13H,5-6,8-9H2,1H3,(H,29,30)/t14-;3*12-/m1111/s1. The fourth-order valence-corrected chi connectivity index (χ4v) is 18.6. The van der Waals surface area contributed by atoms with E-state index in [0.29, 0.717) is 57.7 Å². The van der Waals surface area contributed by atoms with Gasteiger partial charge < -0.3 is 19.9 Å². The summed E-state index contributed by atoms with van der Waals surface area (Å²) in [6.45, 7) is 15.8. The molecule has 8 aromatic carbocycles. The van der Waals surface area contributed by atoms with E-state index < -0.39 is 58.2 Å². The smallest absolute Gasteiger partial charge is 0.196 e. The number of benzene rings is 8. The van der Waals surface area contributed by atoms with E-state index in [-0.39, 0.29) is 97.4 Å². The van der Waals surface area contributed by atoms with Gasteiger partial charge in [-0.3, -0.25) is 39.5 Å². The Bertz CT molecular complexity index is 6230. The van der Waals surface area contributed by atoms with Gasteiger partial charge in [0.2, 0.25) is 0 Å². The lowest BCUT2D eigenvalue weighted by Gasteiger charge is -2.35. The SMILES string of the molecule is C[C@H](c1nc2c(Cl)c(F)c(F)cc2[nH]1)N1CCC(c2ccnc3ccc(F)cc23)CC1.C[C@H](c1nc2c(F)c(F)c(F)cc2[nH]1)N1CCC(c2ccnc3ccc(F)cc23)CC1.C[C@H](c1nc2c(F)cc(F)c(F)c2[nH]1)N1CCC(c2ccnc3ccc(F)cc23)CC1.Cc1c(F)c(F)cc2[nH]c([C@@H](C)N3CCC(c4ccnc5ccc(F)cc45)CC3)nc12. The third kappa shape index (κ3) is 16.8. The normalized spacial score (nSPS) is 16.9. The first-order chi connectivity index (χ1) is 59.7. The van der Waals surface area contributed by atoms with Crippen LogP contribution in [0.5, 0.6) is 0 Å². The second-order valence-electron chi connectivity index (χ2n) is 32.5. The van der Waals surface area contributed by atoms with Crippen molar-refractivity contribution in [2.75, 3.05) is 52.4 Å². The molecular formula is C93H83ClF14N16. The first-order valence-corrected chi connectivity index (χ1v) is 41.6. The molecule has 16 aromatic rings. The number of imidazole rings is 4. The van der Waals surface area contributed by atoms with Crippen molar-refractivity contribution in [3.8, 4) is 0 Å². The van der Waals surface area contributed by atoms with Crippen LogP contribution in [0.3, 0.4) is 0 Å². The first-order valence-electron chi connectivity index (χ1n) is 41.2. The average molecular weight is 1730 g/mol. The maximum atomic E-state index is 14.0. The average Bonchev–Trinajstić information content (AvgIpc) is 1.63. The molecule has 0 bridgehead atoms. The van der Waals surface area contributed by atoms with Gasteiger partial charge in [-0.1, -0.05) is 11.6 Å². The van der Waals surface area contributed by atoms with Gasteiger partial charge in [-0.15, -0.1) is 0 Å². The fraction of sp³-hybridized carbons (Fsp3) is 0.312. The number of halogens is 15. The van der Waals surface area contributed by atoms with Crippen LogP contribution in [-0.4, -0.2) is 132 Å². The summed E-state index contributed by atoms with van der Waals surface area (Å²) < 4.78 is 193. The second-order valence-corrected chi connectivity index (χ2v) is 32.9. The van der Waals surface area contributed by atoms with Crippen molar-refractivity contribution >= 4 is 99.3 Å². The molecule has 16 nitrogen and oxygen atoms in total. The predicted molar refractivity (Wildman–Crippen MR) is 448 cm³/mol. The molecule has 640 valence electrons. The van der Waals surface area contributed by atoms with Crippen molar-refractivity contribution in [3.63, 3.8) is 0 Å².